The van der Waals surface area contributed by atoms with E-state index in [9.17, 15) is 4.39 Å². The second-order valence-electron chi connectivity index (χ2n) is 5.24. The highest BCUT2D eigenvalue weighted by Crippen LogP contribution is 2.22. The number of benzene rings is 1. The minimum Gasteiger partial charge on any atom is -0.306 e. The molecule has 0 unspecified atom stereocenters. The summed E-state index contributed by atoms with van der Waals surface area (Å²) in [6.45, 7) is 7.14. The second kappa shape index (κ2) is 5.16. The molecule has 1 heterocycles. The Balaban J connectivity index is 2.08. The van der Waals surface area contributed by atoms with E-state index in [-0.39, 0.29) is 11.4 Å². The third kappa shape index (κ3) is 3.62. The summed E-state index contributed by atoms with van der Waals surface area (Å²) >= 11 is 1.62. The highest BCUT2D eigenvalue weighted by molar-refractivity contribution is 7.09. The molecule has 0 aliphatic rings. The summed E-state index contributed by atoms with van der Waals surface area (Å²) in [5.41, 5.74) is 1.95. The molecule has 96 valence electrons. The SMILES string of the molecule is CC(C)(C)NCc1nc(-c2ccc(F)cc2)cs1. The standard InChI is InChI=1S/C14H17FN2S/c1-14(2,3)16-8-13-17-12(9-18-13)10-4-6-11(15)7-5-10/h4-7,9,16H,8H2,1-3H3. The van der Waals surface area contributed by atoms with Crippen LogP contribution in [-0.2, 0) is 6.54 Å². The van der Waals surface area contributed by atoms with E-state index < -0.39 is 0 Å². The first-order valence-corrected chi connectivity index (χ1v) is 6.77. The van der Waals surface area contributed by atoms with Crippen LogP contribution in [0.15, 0.2) is 29.6 Å². The number of hydrogen-bond donors (Lipinski definition) is 1. The van der Waals surface area contributed by atoms with Crippen LogP contribution in [0, 0.1) is 5.82 Å². The fraction of sp³-hybridized carbons (Fsp3) is 0.357. The van der Waals surface area contributed by atoms with Gasteiger partial charge in [-0.15, -0.1) is 11.3 Å². The van der Waals surface area contributed by atoms with E-state index in [1.165, 1.54) is 12.1 Å². The molecule has 2 rings (SSSR count). The van der Waals surface area contributed by atoms with E-state index in [1.54, 1.807) is 23.5 Å². The molecule has 18 heavy (non-hydrogen) atoms. The van der Waals surface area contributed by atoms with Gasteiger partial charge in [-0.25, -0.2) is 9.37 Å². The van der Waals surface area contributed by atoms with Crippen molar-refractivity contribution in [1.29, 1.82) is 0 Å². The molecule has 0 fully saturated rings. The summed E-state index contributed by atoms with van der Waals surface area (Å²) in [6.07, 6.45) is 0. The van der Waals surface area contributed by atoms with Gasteiger partial charge in [-0.2, -0.15) is 0 Å². The van der Waals surface area contributed by atoms with E-state index in [4.69, 9.17) is 0 Å². The lowest BCUT2D eigenvalue weighted by Gasteiger charge is -2.19. The van der Waals surface area contributed by atoms with Crippen molar-refractivity contribution in [2.45, 2.75) is 32.9 Å². The highest BCUT2D eigenvalue weighted by atomic mass is 32.1. The number of aromatic nitrogens is 1. The van der Waals surface area contributed by atoms with Crippen LogP contribution in [0.5, 0.6) is 0 Å². The third-order valence-electron chi connectivity index (χ3n) is 2.46. The molecule has 1 aromatic heterocycles. The van der Waals surface area contributed by atoms with Crippen molar-refractivity contribution in [3.63, 3.8) is 0 Å². The topological polar surface area (TPSA) is 24.9 Å². The largest absolute Gasteiger partial charge is 0.306 e. The lowest BCUT2D eigenvalue weighted by molar-refractivity contribution is 0.424. The van der Waals surface area contributed by atoms with E-state index in [1.807, 2.05) is 5.38 Å². The minimum absolute atomic E-state index is 0.0850. The van der Waals surface area contributed by atoms with Gasteiger partial charge in [-0.3, -0.25) is 0 Å². The molecule has 0 aliphatic carbocycles. The summed E-state index contributed by atoms with van der Waals surface area (Å²) in [4.78, 5) is 4.55. The second-order valence-corrected chi connectivity index (χ2v) is 6.18. The average Bonchev–Trinajstić information content (AvgIpc) is 2.75. The number of rotatable bonds is 3. The molecule has 2 nitrogen and oxygen atoms in total. The van der Waals surface area contributed by atoms with Crippen molar-refractivity contribution in [1.82, 2.24) is 10.3 Å². The van der Waals surface area contributed by atoms with Gasteiger partial charge in [0, 0.05) is 23.0 Å². The fourth-order valence-electron chi connectivity index (χ4n) is 1.49. The average molecular weight is 264 g/mol. The van der Waals surface area contributed by atoms with Gasteiger partial charge < -0.3 is 5.32 Å². The quantitative estimate of drug-likeness (QED) is 0.911. The van der Waals surface area contributed by atoms with Gasteiger partial charge in [-0.1, -0.05) is 0 Å². The van der Waals surface area contributed by atoms with Crippen LogP contribution in [0.2, 0.25) is 0 Å². The first-order valence-electron chi connectivity index (χ1n) is 5.89. The molecule has 0 amide bonds. The van der Waals surface area contributed by atoms with Crippen molar-refractivity contribution in [2.24, 2.45) is 0 Å². The monoisotopic (exact) mass is 264 g/mol. The van der Waals surface area contributed by atoms with Crippen molar-refractivity contribution < 1.29 is 4.39 Å². The Bertz CT molecular complexity index is 511. The number of nitrogens with zero attached hydrogens (tertiary/aromatic N) is 1. The Hall–Kier alpha value is -1.26. The van der Waals surface area contributed by atoms with Crippen molar-refractivity contribution in [3.8, 4) is 11.3 Å². The van der Waals surface area contributed by atoms with Gasteiger partial charge in [0.15, 0.2) is 0 Å². The smallest absolute Gasteiger partial charge is 0.123 e. The van der Waals surface area contributed by atoms with E-state index in [0.29, 0.717) is 0 Å². The Morgan fingerprint density at radius 3 is 2.50 bits per heavy atom. The Morgan fingerprint density at radius 1 is 1.22 bits per heavy atom. The van der Waals surface area contributed by atoms with E-state index in [2.05, 4.69) is 31.1 Å². The molecule has 4 heteroatoms. The number of thiazole rings is 1. The van der Waals surface area contributed by atoms with Crippen LogP contribution in [0.1, 0.15) is 25.8 Å². The fourth-order valence-corrected chi connectivity index (χ4v) is 2.23. The predicted molar refractivity (Wildman–Crippen MR) is 74.1 cm³/mol. The molecule has 0 radical (unpaired) electrons. The molecule has 1 N–H and O–H groups in total. The number of nitrogens with one attached hydrogen (secondary N) is 1. The summed E-state index contributed by atoms with van der Waals surface area (Å²) < 4.78 is 12.8. The Kier molecular flexibility index (Phi) is 3.78. The van der Waals surface area contributed by atoms with Crippen LogP contribution >= 0.6 is 11.3 Å². The lowest BCUT2D eigenvalue weighted by Crippen LogP contribution is -2.34. The Morgan fingerprint density at radius 2 is 1.89 bits per heavy atom. The minimum atomic E-state index is -0.219. The summed E-state index contributed by atoms with van der Waals surface area (Å²) in [5, 5.41) is 6.45. The van der Waals surface area contributed by atoms with Crippen molar-refractivity contribution in [3.05, 3.63) is 40.5 Å². The normalized spacial score (nSPS) is 11.8. The van der Waals surface area contributed by atoms with Gasteiger partial charge >= 0.3 is 0 Å². The molecule has 0 atom stereocenters. The van der Waals surface area contributed by atoms with E-state index in [0.717, 1.165) is 22.8 Å². The number of halogens is 1. The highest BCUT2D eigenvalue weighted by Gasteiger charge is 2.10. The van der Waals surface area contributed by atoms with Crippen LogP contribution in [0.3, 0.4) is 0 Å². The molecule has 2 aromatic rings. The zero-order chi connectivity index (χ0) is 13.2. The molecule has 1 aromatic carbocycles. The third-order valence-corrected chi connectivity index (χ3v) is 3.31. The molecule has 0 bridgehead atoms. The first-order chi connectivity index (χ1) is 8.44. The van der Waals surface area contributed by atoms with Crippen LogP contribution < -0.4 is 5.32 Å². The summed E-state index contributed by atoms with van der Waals surface area (Å²) in [7, 11) is 0. The maximum absolute atomic E-state index is 12.8. The Labute approximate surface area is 111 Å². The first kappa shape index (κ1) is 13.2. The summed E-state index contributed by atoms with van der Waals surface area (Å²) in [5.74, 6) is -0.219. The zero-order valence-corrected chi connectivity index (χ0v) is 11.6. The lowest BCUT2D eigenvalue weighted by atomic mass is 10.1. The van der Waals surface area contributed by atoms with Crippen molar-refractivity contribution in [2.75, 3.05) is 0 Å². The van der Waals surface area contributed by atoms with E-state index >= 15 is 0 Å². The maximum Gasteiger partial charge on any atom is 0.123 e. The zero-order valence-electron chi connectivity index (χ0n) is 10.8. The van der Waals surface area contributed by atoms with Crippen LogP contribution in [0.25, 0.3) is 11.3 Å². The molecule has 0 saturated heterocycles. The van der Waals surface area contributed by atoms with Gasteiger partial charge in [0.25, 0.3) is 0 Å². The number of hydrogen-bond acceptors (Lipinski definition) is 3. The predicted octanol–water partition coefficient (Wildman–Crippen LogP) is 3.84. The van der Waals surface area contributed by atoms with Gasteiger partial charge in [0.2, 0.25) is 0 Å². The molecular weight excluding hydrogens is 247 g/mol. The molecule has 0 aliphatic heterocycles. The van der Waals surface area contributed by atoms with Gasteiger partial charge in [0.1, 0.15) is 10.8 Å². The molecule has 0 spiro atoms. The van der Waals surface area contributed by atoms with Gasteiger partial charge in [-0.05, 0) is 45.0 Å². The molecule has 0 saturated carbocycles. The van der Waals surface area contributed by atoms with Crippen LogP contribution in [-0.4, -0.2) is 10.5 Å². The van der Waals surface area contributed by atoms with Gasteiger partial charge in [0.05, 0.1) is 5.69 Å². The molecular formula is C14H17FN2S. The van der Waals surface area contributed by atoms with Crippen molar-refractivity contribution >= 4 is 11.3 Å². The summed E-state index contributed by atoms with van der Waals surface area (Å²) in [6, 6.07) is 6.43. The maximum atomic E-state index is 12.8. The van der Waals surface area contributed by atoms with Crippen LogP contribution in [0.4, 0.5) is 4.39 Å².